The van der Waals surface area contributed by atoms with Crippen LogP contribution in [0.1, 0.15) is 18.4 Å². The number of ether oxygens (including phenoxy) is 1. The predicted molar refractivity (Wildman–Crippen MR) is 83.6 cm³/mol. The number of nitrogens with two attached hydrogens (primary N) is 1. The molecule has 1 saturated heterocycles. The highest BCUT2D eigenvalue weighted by Crippen LogP contribution is 2.22. The second-order valence-corrected chi connectivity index (χ2v) is 5.36. The molecule has 112 valence electrons. The van der Waals surface area contributed by atoms with E-state index in [9.17, 15) is 4.79 Å². The summed E-state index contributed by atoms with van der Waals surface area (Å²) in [5.74, 6) is 0.0543. The number of halogens is 2. The highest BCUT2D eigenvalue weighted by Gasteiger charge is 2.26. The van der Waals surface area contributed by atoms with Crippen LogP contribution in [0, 0.1) is 12.8 Å². The molecule has 1 aliphatic heterocycles. The fraction of sp³-hybridized carbons (Fsp3) is 0.500. The molecule has 0 saturated carbocycles. The van der Waals surface area contributed by atoms with Gasteiger partial charge in [-0.2, -0.15) is 0 Å². The Bertz CT molecular complexity index is 462. The van der Waals surface area contributed by atoms with Crippen molar-refractivity contribution in [2.45, 2.75) is 25.8 Å². The van der Waals surface area contributed by atoms with Crippen LogP contribution in [0.3, 0.4) is 0 Å². The fourth-order valence-corrected chi connectivity index (χ4v) is 2.50. The number of aryl methyl sites for hydroxylation is 1. The van der Waals surface area contributed by atoms with Gasteiger partial charge < -0.3 is 15.8 Å². The number of benzene rings is 1. The quantitative estimate of drug-likeness (QED) is 0.900. The molecule has 1 aromatic rings. The Hall–Kier alpha value is -0.810. The van der Waals surface area contributed by atoms with Gasteiger partial charge in [-0.3, -0.25) is 4.79 Å². The zero-order valence-electron chi connectivity index (χ0n) is 11.4. The number of anilines is 1. The lowest BCUT2D eigenvalue weighted by molar-refractivity contribution is -0.119. The van der Waals surface area contributed by atoms with Crippen LogP contribution < -0.4 is 11.1 Å². The molecule has 1 amide bonds. The summed E-state index contributed by atoms with van der Waals surface area (Å²) in [5, 5.41) is 3.53. The van der Waals surface area contributed by atoms with Crippen LogP contribution in [0.25, 0.3) is 0 Å². The molecule has 0 aliphatic carbocycles. The Kier molecular flexibility index (Phi) is 6.76. The Balaban J connectivity index is 0.00000200. The molecule has 3 N–H and O–H groups in total. The summed E-state index contributed by atoms with van der Waals surface area (Å²) in [5.41, 5.74) is 7.72. The third-order valence-corrected chi connectivity index (χ3v) is 3.76. The number of carbonyl (C=O) groups is 1. The van der Waals surface area contributed by atoms with Crippen molar-refractivity contribution < 1.29 is 9.53 Å². The van der Waals surface area contributed by atoms with Crippen molar-refractivity contribution in [1.29, 1.82) is 0 Å². The topological polar surface area (TPSA) is 64.4 Å². The molecule has 1 unspecified atom stereocenters. The monoisotopic (exact) mass is 318 g/mol. The number of nitrogens with one attached hydrogen (secondary N) is 1. The van der Waals surface area contributed by atoms with E-state index in [2.05, 4.69) is 5.32 Å². The lowest BCUT2D eigenvalue weighted by atomic mass is 9.92. The molecule has 0 bridgehead atoms. The van der Waals surface area contributed by atoms with Gasteiger partial charge in [-0.05, 0) is 49.4 Å². The van der Waals surface area contributed by atoms with E-state index in [4.69, 9.17) is 22.1 Å². The predicted octanol–water partition coefficient (Wildman–Crippen LogP) is 2.76. The van der Waals surface area contributed by atoms with E-state index in [-0.39, 0.29) is 24.2 Å². The summed E-state index contributed by atoms with van der Waals surface area (Å²) in [6.45, 7) is 3.28. The Morgan fingerprint density at radius 2 is 2.10 bits per heavy atom. The minimum atomic E-state index is -0.487. The van der Waals surface area contributed by atoms with E-state index in [1.54, 1.807) is 12.1 Å². The molecular formula is C14H20Cl2N2O2. The molecule has 0 spiro atoms. The van der Waals surface area contributed by atoms with Crippen LogP contribution in [0.5, 0.6) is 0 Å². The van der Waals surface area contributed by atoms with Crippen LogP contribution >= 0.6 is 24.0 Å². The fourth-order valence-electron chi connectivity index (χ4n) is 2.27. The van der Waals surface area contributed by atoms with Crippen molar-refractivity contribution >= 4 is 35.6 Å². The van der Waals surface area contributed by atoms with Crippen LogP contribution in [-0.4, -0.2) is 25.2 Å². The molecule has 1 heterocycles. The van der Waals surface area contributed by atoms with Gasteiger partial charge in [-0.15, -0.1) is 12.4 Å². The van der Waals surface area contributed by atoms with Gasteiger partial charge in [0.1, 0.15) is 0 Å². The van der Waals surface area contributed by atoms with Gasteiger partial charge in [0.25, 0.3) is 0 Å². The van der Waals surface area contributed by atoms with Gasteiger partial charge in [0.2, 0.25) is 5.91 Å². The second-order valence-electron chi connectivity index (χ2n) is 4.92. The molecule has 1 aliphatic rings. The number of hydrogen-bond donors (Lipinski definition) is 2. The van der Waals surface area contributed by atoms with Crippen molar-refractivity contribution in [3.63, 3.8) is 0 Å². The maximum Gasteiger partial charge on any atom is 0.241 e. The number of carbonyl (C=O) groups excluding carboxylic acids is 1. The zero-order chi connectivity index (χ0) is 13.8. The first-order valence-corrected chi connectivity index (χ1v) is 6.86. The van der Waals surface area contributed by atoms with E-state index in [0.29, 0.717) is 18.2 Å². The molecule has 4 nitrogen and oxygen atoms in total. The molecule has 0 aromatic heterocycles. The average molecular weight is 319 g/mol. The van der Waals surface area contributed by atoms with Gasteiger partial charge in [0.05, 0.1) is 6.04 Å². The van der Waals surface area contributed by atoms with Crippen LogP contribution in [-0.2, 0) is 9.53 Å². The van der Waals surface area contributed by atoms with E-state index < -0.39 is 6.04 Å². The van der Waals surface area contributed by atoms with Gasteiger partial charge in [0, 0.05) is 23.9 Å². The third-order valence-electron chi connectivity index (χ3n) is 3.52. The number of hydrogen-bond acceptors (Lipinski definition) is 3. The van der Waals surface area contributed by atoms with Gasteiger partial charge in [-0.25, -0.2) is 0 Å². The summed E-state index contributed by atoms with van der Waals surface area (Å²) in [6, 6.07) is 4.88. The number of rotatable bonds is 3. The lowest BCUT2D eigenvalue weighted by Crippen LogP contribution is -2.44. The van der Waals surface area contributed by atoms with Crippen molar-refractivity contribution in [2.24, 2.45) is 11.7 Å². The summed E-state index contributed by atoms with van der Waals surface area (Å²) in [6.07, 6.45) is 1.68. The Labute approximate surface area is 130 Å². The Morgan fingerprint density at radius 1 is 1.45 bits per heavy atom. The minimum absolute atomic E-state index is 0. The molecule has 1 fully saturated rings. The van der Waals surface area contributed by atoms with Crippen LogP contribution in [0.4, 0.5) is 5.69 Å². The van der Waals surface area contributed by atoms with Gasteiger partial charge in [-0.1, -0.05) is 11.6 Å². The normalized spacial score (nSPS) is 17.1. The van der Waals surface area contributed by atoms with Gasteiger partial charge >= 0.3 is 0 Å². The van der Waals surface area contributed by atoms with Crippen molar-refractivity contribution in [2.75, 3.05) is 18.5 Å². The maximum atomic E-state index is 12.1. The summed E-state index contributed by atoms with van der Waals surface area (Å²) in [4.78, 5) is 12.1. The second kappa shape index (κ2) is 7.84. The summed E-state index contributed by atoms with van der Waals surface area (Å²) < 4.78 is 5.28. The van der Waals surface area contributed by atoms with Crippen LogP contribution in [0.2, 0.25) is 5.02 Å². The molecular weight excluding hydrogens is 299 g/mol. The molecule has 6 heteroatoms. The van der Waals surface area contributed by atoms with Crippen LogP contribution in [0.15, 0.2) is 18.2 Å². The minimum Gasteiger partial charge on any atom is -0.381 e. The van der Waals surface area contributed by atoms with Gasteiger partial charge in [0.15, 0.2) is 0 Å². The SMILES string of the molecule is Cc1cc(Cl)ccc1NC(=O)C(N)C1CCOCC1.Cl. The van der Waals surface area contributed by atoms with E-state index >= 15 is 0 Å². The maximum absolute atomic E-state index is 12.1. The average Bonchev–Trinajstić information content (AvgIpc) is 2.42. The number of amides is 1. The van der Waals surface area contributed by atoms with E-state index in [1.807, 2.05) is 13.0 Å². The highest BCUT2D eigenvalue weighted by molar-refractivity contribution is 6.30. The highest BCUT2D eigenvalue weighted by atomic mass is 35.5. The molecule has 1 aromatic carbocycles. The molecule has 1 atom stereocenters. The standard InChI is InChI=1S/C14H19ClN2O2.ClH/c1-9-8-11(15)2-3-12(9)17-14(18)13(16)10-4-6-19-7-5-10;/h2-3,8,10,13H,4-7,16H2,1H3,(H,17,18);1H. The summed E-state index contributed by atoms with van der Waals surface area (Å²) >= 11 is 5.89. The summed E-state index contributed by atoms with van der Waals surface area (Å²) in [7, 11) is 0. The van der Waals surface area contributed by atoms with Crippen molar-refractivity contribution in [1.82, 2.24) is 0 Å². The van der Waals surface area contributed by atoms with Crippen molar-refractivity contribution in [3.05, 3.63) is 28.8 Å². The smallest absolute Gasteiger partial charge is 0.241 e. The molecule has 0 radical (unpaired) electrons. The third kappa shape index (κ3) is 4.35. The molecule has 20 heavy (non-hydrogen) atoms. The first-order chi connectivity index (χ1) is 9.08. The lowest BCUT2D eigenvalue weighted by Gasteiger charge is -2.26. The first-order valence-electron chi connectivity index (χ1n) is 6.48. The largest absolute Gasteiger partial charge is 0.381 e. The van der Waals surface area contributed by atoms with E-state index in [1.165, 1.54) is 0 Å². The first kappa shape index (κ1) is 17.2. The Morgan fingerprint density at radius 3 is 2.70 bits per heavy atom. The van der Waals surface area contributed by atoms with Crippen molar-refractivity contribution in [3.8, 4) is 0 Å². The molecule has 2 rings (SSSR count). The van der Waals surface area contributed by atoms with E-state index in [0.717, 1.165) is 24.1 Å². The zero-order valence-corrected chi connectivity index (χ0v) is 13.0.